The Morgan fingerprint density at radius 2 is 1.67 bits per heavy atom. The van der Waals surface area contributed by atoms with Gasteiger partial charge >= 0.3 is 0 Å². The van der Waals surface area contributed by atoms with Crippen LogP contribution in [0.15, 0.2) is 51.7 Å². The van der Waals surface area contributed by atoms with Crippen molar-refractivity contribution in [3.8, 4) is 6.19 Å². The number of rotatable bonds is 7. The highest BCUT2D eigenvalue weighted by Crippen LogP contribution is 2.11. The van der Waals surface area contributed by atoms with E-state index in [1.165, 1.54) is 36.7 Å². The summed E-state index contributed by atoms with van der Waals surface area (Å²) in [7, 11) is -5.71. The number of thiophene rings is 1. The van der Waals surface area contributed by atoms with Crippen LogP contribution in [0.2, 0.25) is 0 Å². The summed E-state index contributed by atoms with van der Waals surface area (Å²) in [4.78, 5) is 18.1. The van der Waals surface area contributed by atoms with Crippen LogP contribution in [-0.4, -0.2) is 64.7 Å². The van der Waals surface area contributed by atoms with Gasteiger partial charge in [0, 0.05) is 44.2 Å². The van der Waals surface area contributed by atoms with Gasteiger partial charge in [0.05, 0.1) is 9.77 Å². The summed E-state index contributed by atoms with van der Waals surface area (Å²) in [6, 6.07) is 10.6. The lowest BCUT2D eigenvalue weighted by Crippen LogP contribution is -2.26. The molecule has 0 bridgehead atoms. The van der Waals surface area contributed by atoms with E-state index >= 15 is 0 Å². The Morgan fingerprint density at radius 1 is 1.03 bits per heavy atom. The molecule has 0 unspecified atom stereocenters. The van der Waals surface area contributed by atoms with Crippen LogP contribution in [0, 0.1) is 18.4 Å². The third kappa shape index (κ3) is 17.6. The quantitative estimate of drug-likeness (QED) is 0.167. The average molecular weight is 598 g/mol. The molecule has 8 nitrogen and oxygen atoms in total. The number of hydrogen-bond donors (Lipinski definition) is 0. The van der Waals surface area contributed by atoms with Crippen LogP contribution in [0.4, 0.5) is 0 Å². The molecule has 0 atom stereocenters. The predicted octanol–water partition coefficient (Wildman–Crippen LogP) is 5.94. The van der Waals surface area contributed by atoms with Crippen molar-refractivity contribution in [1.29, 1.82) is 5.26 Å². The number of Topliss-reactive ketones (excluding diaryl/α,β-unsaturated/α-hetero) is 1. The predicted molar refractivity (Wildman–Crippen MR) is 162 cm³/mol. The Balaban J connectivity index is 0.000000498. The molecule has 0 amide bonds. The van der Waals surface area contributed by atoms with Gasteiger partial charge in [-0.1, -0.05) is 45.4 Å². The van der Waals surface area contributed by atoms with Crippen molar-refractivity contribution in [1.82, 2.24) is 4.90 Å². The molecule has 2 heterocycles. The molecule has 0 saturated carbocycles. The number of unbranched alkanes of at least 4 members (excludes halogenated alkanes) is 1. The summed E-state index contributed by atoms with van der Waals surface area (Å²) in [5, 5.41) is 10.3. The van der Waals surface area contributed by atoms with Crippen molar-refractivity contribution >= 4 is 42.6 Å². The highest BCUT2D eigenvalue weighted by atomic mass is 32.2. The van der Waals surface area contributed by atoms with Gasteiger partial charge in [-0.25, -0.2) is 16.8 Å². The number of carbonyl (C=O) groups is 1. The number of carbonyl (C=O) groups excluding carboxylic acids is 1. The summed E-state index contributed by atoms with van der Waals surface area (Å²) in [6.07, 6.45) is 10.0. The van der Waals surface area contributed by atoms with Crippen molar-refractivity contribution in [3.63, 3.8) is 0 Å². The lowest BCUT2D eigenvalue weighted by Gasteiger charge is -2.16. The van der Waals surface area contributed by atoms with Gasteiger partial charge in [-0.2, -0.15) is 10.3 Å². The number of ketones is 1. The topological polar surface area (TPSA) is 125 Å². The molecule has 0 radical (unpaired) electrons. The molecule has 0 spiro atoms. The second-order valence-corrected chi connectivity index (χ2v) is 14.2. The second-order valence-electron chi connectivity index (χ2n) is 9.00. The van der Waals surface area contributed by atoms with E-state index < -0.39 is 19.7 Å². The van der Waals surface area contributed by atoms with Gasteiger partial charge in [0.2, 0.25) is 6.19 Å². The molecule has 2 aromatic rings. The average Bonchev–Trinajstić information content (AvgIpc) is 3.61. The van der Waals surface area contributed by atoms with E-state index in [2.05, 4.69) is 9.89 Å². The molecule has 1 fully saturated rings. The lowest BCUT2D eigenvalue weighted by molar-refractivity contribution is 0.0992. The van der Waals surface area contributed by atoms with Crippen LogP contribution in [-0.2, 0) is 19.7 Å². The van der Waals surface area contributed by atoms with Crippen LogP contribution < -0.4 is 0 Å². The number of sulfone groups is 2. The Hall–Kier alpha value is -2.55. The fourth-order valence-corrected chi connectivity index (χ4v) is 5.55. The van der Waals surface area contributed by atoms with Gasteiger partial charge in [0.25, 0.3) is 0 Å². The Morgan fingerprint density at radius 3 is 2.03 bits per heavy atom. The summed E-state index contributed by atoms with van der Waals surface area (Å²) >= 11 is 1.51. The van der Waals surface area contributed by atoms with Gasteiger partial charge in [-0.15, -0.1) is 11.3 Å². The fourth-order valence-electron chi connectivity index (χ4n) is 3.27. The maximum atomic E-state index is 11.0. The number of nitriles is 1. The van der Waals surface area contributed by atoms with Crippen molar-refractivity contribution in [3.05, 3.63) is 52.2 Å². The van der Waals surface area contributed by atoms with E-state index in [-0.39, 0.29) is 5.78 Å². The molecule has 39 heavy (non-hydrogen) atoms. The van der Waals surface area contributed by atoms with E-state index in [1.807, 2.05) is 57.5 Å². The summed E-state index contributed by atoms with van der Waals surface area (Å²) in [6.45, 7) is 9.92. The fraction of sp³-hybridized carbons (Fsp3) is 0.536. The molecular weight excluding hydrogens is 555 g/mol. The molecule has 1 aliphatic heterocycles. The number of nitrogens with zero attached hydrogens (tertiary/aromatic N) is 3. The lowest BCUT2D eigenvalue weighted by atomic mass is 10.2. The molecule has 0 N–H and O–H groups in total. The van der Waals surface area contributed by atoms with Crippen LogP contribution in [0.5, 0.6) is 0 Å². The van der Waals surface area contributed by atoms with Crippen molar-refractivity contribution in [2.24, 2.45) is 4.99 Å². The van der Waals surface area contributed by atoms with E-state index in [4.69, 9.17) is 5.26 Å². The highest BCUT2D eigenvalue weighted by molar-refractivity contribution is 7.91. The molecule has 1 aliphatic rings. The molecule has 218 valence electrons. The second kappa shape index (κ2) is 19.5. The number of aliphatic imine (C=N–C) groups is 1. The van der Waals surface area contributed by atoms with E-state index in [0.717, 1.165) is 48.6 Å². The minimum absolute atomic E-state index is 0.241. The maximum absolute atomic E-state index is 11.0. The number of benzene rings is 1. The monoisotopic (exact) mass is 597 g/mol. The van der Waals surface area contributed by atoms with E-state index in [1.54, 1.807) is 18.2 Å². The molecule has 1 saturated heterocycles. The Kier molecular flexibility index (Phi) is 18.2. The summed E-state index contributed by atoms with van der Waals surface area (Å²) < 4.78 is 42.8. The zero-order valence-corrected chi connectivity index (χ0v) is 26.5. The summed E-state index contributed by atoms with van der Waals surface area (Å²) in [5.74, 6) is 1.53. The van der Waals surface area contributed by atoms with E-state index in [9.17, 15) is 21.6 Å². The zero-order valence-electron chi connectivity index (χ0n) is 24.0. The minimum atomic E-state index is -3.03. The third-order valence-corrected chi connectivity index (χ3v) is 8.42. The molecular formula is C28H43N3O5S3. The smallest absolute Gasteiger partial charge is 0.207 e. The van der Waals surface area contributed by atoms with Crippen molar-refractivity contribution in [2.75, 3.05) is 31.4 Å². The van der Waals surface area contributed by atoms with Crippen LogP contribution in [0.25, 0.3) is 0 Å². The minimum Gasteiger partial charge on any atom is -0.359 e. The molecule has 11 heteroatoms. The van der Waals surface area contributed by atoms with Crippen LogP contribution in [0.1, 0.15) is 74.5 Å². The van der Waals surface area contributed by atoms with Crippen molar-refractivity contribution < 1.29 is 21.6 Å². The molecule has 1 aromatic heterocycles. The third-order valence-electron chi connectivity index (χ3n) is 5.37. The highest BCUT2D eigenvalue weighted by Gasteiger charge is 2.14. The van der Waals surface area contributed by atoms with Crippen molar-refractivity contribution in [2.45, 2.75) is 71.1 Å². The van der Waals surface area contributed by atoms with Gasteiger partial charge in [0.1, 0.15) is 15.7 Å². The van der Waals surface area contributed by atoms with Crippen LogP contribution in [0.3, 0.4) is 0 Å². The first-order valence-electron chi connectivity index (χ1n) is 13.0. The maximum Gasteiger partial charge on any atom is 0.207 e. The SMILES string of the molecule is CCC(=NC#N)N1CCCC1.CCC(=O)c1cccs1.CCCCS(C)(=O)=O.Cc1cccc(S(C)(=O)=O)c1. The van der Waals surface area contributed by atoms with Gasteiger partial charge in [0.15, 0.2) is 15.6 Å². The standard InChI is InChI=1S/C8H13N3.C8H10O2S.C7H8OS.C5H12O2S/c1-2-8(10-7-9)11-5-3-4-6-11;1-7-4-3-5-8(6-7)11(2,9)10;1-2-6(8)7-4-3-5-9-7;1-3-4-5-8(2,6)7/h2-6H2,1H3;3-6H,1-2H3;3-5H,2H2,1H3;3-5H2,1-2H3. The zero-order chi connectivity index (χ0) is 29.9. The molecule has 1 aromatic carbocycles. The van der Waals surface area contributed by atoms with E-state index in [0.29, 0.717) is 17.1 Å². The normalized spacial score (nSPS) is 13.1. The Labute approximate surface area is 239 Å². The number of hydrogen-bond acceptors (Lipinski definition) is 8. The number of amidine groups is 1. The number of likely N-dealkylation sites (tertiary alicyclic amines) is 1. The summed E-state index contributed by atoms with van der Waals surface area (Å²) in [5.41, 5.74) is 0.966. The van der Waals surface area contributed by atoms with Gasteiger partial charge < -0.3 is 4.90 Å². The largest absolute Gasteiger partial charge is 0.359 e. The van der Waals surface area contributed by atoms with Gasteiger partial charge in [-0.05, 0) is 55.3 Å². The van der Waals surface area contributed by atoms with Crippen LogP contribution >= 0.6 is 11.3 Å². The molecule has 3 rings (SSSR count). The first-order chi connectivity index (χ1) is 18.3. The van der Waals surface area contributed by atoms with Gasteiger partial charge in [-0.3, -0.25) is 4.79 Å². The molecule has 0 aliphatic carbocycles. The first-order valence-corrected chi connectivity index (χ1v) is 17.8. The number of aryl methyl sites for hydroxylation is 1. The first kappa shape index (κ1) is 36.5. The Bertz CT molecular complexity index is 1260.